The fourth-order valence-electron chi connectivity index (χ4n) is 2.51. The number of sulfonamides is 1. The highest BCUT2D eigenvalue weighted by Gasteiger charge is 2.27. The van der Waals surface area contributed by atoms with E-state index in [1.807, 2.05) is 38.1 Å². The number of rotatable bonds is 4. The molecule has 1 aliphatic heterocycles. The van der Waals surface area contributed by atoms with Gasteiger partial charge in [0.2, 0.25) is 10.0 Å². The van der Waals surface area contributed by atoms with E-state index in [0.717, 1.165) is 11.4 Å². The molecular weight excluding hydrogens is 274 g/mol. The molecular formula is C14H23N3O2S. The van der Waals surface area contributed by atoms with E-state index in [1.165, 1.54) is 0 Å². The lowest BCUT2D eigenvalue weighted by Crippen LogP contribution is -2.49. The van der Waals surface area contributed by atoms with Crippen LogP contribution in [0.15, 0.2) is 24.3 Å². The summed E-state index contributed by atoms with van der Waals surface area (Å²) in [6.07, 6.45) is 0. The Morgan fingerprint density at radius 1 is 1.15 bits per heavy atom. The van der Waals surface area contributed by atoms with Crippen molar-refractivity contribution in [2.75, 3.05) is 42.6 Å². The normalized spacial score (nSPS) is 17.6. The largest absolute Gasteiger partial charge is 0.397 e. The van der Waals surface area contributed by atoms with E-state index in [9.17, 15) is 8.42 Å². The van der Waals surface area contributed by atoms with E-state index in [4.69, 9.17) is 5.73 Å². The third-order valence-electron chi connectivity index (χ3n) is 3.45. The van der Waals surface area contributed by atoms with Crippen LogP contribution in [0, 0.1) is 5.92 Å². The van der Waals surface area contributed by atoms with Gasteiger partial charge < -0.3 is 10.6 Å². The molecule has 0 aromatic heterocycles. The van der Waals surface area contributed by atoms with Gasteiger partial charge in [0.15, 0.2) is 0 Å². The van der Waals surface area contributed by atoms with Crippen LogP contribution in [0.2, 0.25) is 0 Å². The van der Waals surface area contributed by atoms with Gasteiger partial charge in [-0.2, -0.15) is 4.31 Å². The quantitative estimate of drug-likeness (QED) is 0.853. The minimum absolute atomic E-state index is 0.155. The maximum absolute atomic E-state index is 12.2. The smallest absolute Gasteiger partial charge is 0.214 e. The van der Waals surface area contributed by atoms with Gasteiger partial charge in [-0.3, -0.25) is 0 Å². The van der Waals surface area contributed by atoms with Crippen molar-refractivity contribution in [2.24, 2.45) is 5.92 Å². The zero-order valence-corrected chi connectivity index (χ0v) is 12.9. The Morgan fingerprint density at radius 3 is 2.30 bits per heavy atom. The first-order chi connectivity index (χ1) is 9.40. The standard InChI is InChI=1S/C14H23N3O2S/c1-12(2)11-20(18,19)17-9-7-16(8-10-17)14-6-4-3-5-13(14)15/h3-6,12H,7-11,15H2,1-2H3. The molecule has 2 rings (SSSR count). The van der Waals surface area contributed by atoms with Crippen LogP contribution in [0.3, 0.4) is 0 Å². The third-order valence-corrected chi connectivity index (χ3v) is 5.69. The summed E-state index contributed by atoms with van der Waals surface area (Å²) < 4.78 is 26.0. The predicted octanol–water partition coefficient (Wildman–Crippen LogP) is 1.38. The molecule has 1 aliphatic rings. The minimum Gasteiger partial charge on any atom is -0.397 e. The van der Waals surface area contributed by atoms with Gasteiger partial charge in [0.05, 0.1) is 17.1 Å². The van der Waals surface area contributed by atoms with Crippen LogP contribution in [-0.4, -0.2) is 44.7 Å². The lowest BCUT2D eigenvalue weighted by Gasteiger charge is -2.36. The molecule has 0 saturated carbocycles. The Hall–Kier alpha value is -1.27. The van der Waals surface area contributed by atoms with Crippen molar-refractivity contribution in [3.05, 3.63) is 24.3 Å². The van der Waals surface area contributed by atoms with Crippen LogP contribution in [-0.2, 0) is 10.0 Å². The number of benzene rings is 1. The molecule has 2 N–H and O–H groups in total. The first-order valence-electron chi connectivity index (χ1n) is 6.97. The summed E-state index contributed by atoms with van der Waals surface area (Å²) in [6.45, 7) is 6.29. The van der Waals surface area contributed by atoms with Crippen molar-refractivity contribution in [1.82, 2.24) is 4.31 Å². The van der Waals surface area contributed by atoms with E-state index in [0.29, 0.717) is 26.2 Å². The minimum atomic E-state index is -3.12. The van der Waals surface area contributed by atoms with E-state index in [2.05, 4.69) is 4.90 Å². The number of nitrogen functional groups attached to an aromatic ring is 1. The molecule has 20 heavy (non-hydrogen) atoms. The molecule has 6 heteroatoms. The third kappa shape index (κ3) is 3.43. The molecule has 5 nitrogen and oxygen atoms in total. The molecule has 0 atom stereocenters. The second-order valence-electron chi connectivity index (χ2n) is 5.62. The van der Waals surface area contributed by atoms with Crippen LogP contribution < -0.4 is 10.6 Å². The molecule has 1 saturated heterocycles. The summed E-state index contributed by atoms with van der Waals surface area (Å²) in [6, 6.07) is 7.71. The first kappa shape index (κ1) is 15.1. The SMILES string of the molecule is CC(C)CS(=O)(=O)N1CCN(c2ccccc2N)CC1. The summed E-state index contributed by atoms with van der Waals surface area (Å²) in [5.41, 5.74) is 7.70. The second kappa shape index (κ2) is 6.01. The predicted molar refractivity (Wildman–Crippen MR) is 83.3 cm³/mol. The lowest BCUT2D eigenvalue weighted by molar-refractivity contribution is 0.382. The van der Waals surface area contributed by atoms with Crippen molar-refractivity contribution >= 4 is 21.4 Å². The highest BCUT2D eigenvalue weighted by molar-refractivity contribution is 7.89. The van der Waals surface area contributed by atoms with Gasteiger partial charge in [-0.1, -0.05) is 26.0 Å². The van der Waals surface area contributed by atoms with Gasteiger partial charge in [-0.15, -0.1) is 0 Å². The average molecular weight is 297 g/mol. The van der Waals surface area contributed by atoms with E-state index >= 15 is 0 Å². The van der Waals surface area contributed by atoms with Crippen molar-refractivity contribution in [3.8, 4) is 0 Å². The van der Waals surface area contributed by atoms with Crippen molar-refractivity contribution < 1.29 is 8.42 Å². The number of hydrogen-bond acceptors (Lipinski definition) is 4. The fraction of sp³-hybridized carbons (Fsp3) is 0.571. The molecule has 0 bridgehead atoms. The molecule has 0 aliphatic carbocycles. The van der Waals surface area contributed by atoms with E-state index in [-0.39, 0.29) is 11.7 Å². The topological polar surface area (TPSA) is 66.6 Å². The van der Waals surface area contributed by atoms with Gasteiger partial charge in [-0.05, 0) is 18.1 Å². The summed E-state index contributed by atoms with van der Waals surface area (Å²) in [5.74, 6) is 0.378. The number of nitrogens with zero attached hydrogens (tertiary/aromatic N) is 2. The highest BCUT2D eigenvalue weighted by atomic mass is 32.2. The Morgan fingerprint density at radius 2 is 1.75 bits per heavy atom. The maximum atomic E-state index is 12.2. The summed E-state index contributed by atoms with van der Waals surface area (Å²) in [4.78, 5) is 2.15. The maximum Gasteiger partial charge on any atom is 0.214 e. The Bertz CT molecular complexity index is 549. The lowest BCUT2D eigenvalue weighted by atomic mass is 10.2. The number of anilines is 2. The summed E-state index contributed by atoms with van der Waals surface area (Å²) >= 11 is 0. The summed E-state index contributed by atoms with van der Waals surface area (Å²) in [5, 5.41) is 0. The molecule has 1 aromatic rings. The van der Waals surface area contributed by atoms with Crippen LogP contribution in [0.4, 0.5) is 11.4 Å². The second-order valence-corrected chi connectivity index (χ2v) is 7.63. The Kier molecular flexibility index (Phi) is 4.55. The molecule has 1 heterocycles. The van der Waals surface area contributed by atoms with Crippen molar-refractivity contribution in [1.29, 1.82) is 0 Å². The van der Waals surface area contributed by atoms with E-state index < -0.39 is 10.0 Å². The molecule has 112 valence electrons. The fourth-order valence-corrected chi connectivity index (χ4v) is 4.28. The van der Waals surface area contributed by atoms with Crippen LogP contribution in [0.1, 0.15) is 13.8 Å². The molecule has 0 spiro atoms. The zero-order valence-electron chi connectivity index (χ0n) is 12.1. The number of piperazine rings is 1. The Balaban J connectivity index is 2.01. The molecule has 0 amide bonds. The van der Waals surface area contributed by atoms with Gasteiger partial charge in [0.25, 0.3) is 0 Å². The molecule has 0 radical (unpaired) electrons. The summed E-state index contributed by atoms with van der Waals surface area (Å²) in [7, 11) is -3.12. The molecule has 1 fully saturated rings. The first-order valence-corrected chi connectivity index (χ1v) is 8.58. The van der Waals surface area contributed by atoms with Crippen molar-refractivity contribution in [3.63, 3.8) is 0 Å². The Labute approximate surface area is 121 Å². The highest BCUT2D eigenvalue weighted by Crippen LogP contribution is 2.24. The van der Waals surface area contributed by atoms with E-state index in [1.54, 1.807) is 4.31 Å². The van der Waals surface area contributed by atoms with Crippen LogP contribution in [0.5, 0.6) is 0 Å². The molecule has 1 aromatic carbocycles. The number of hydrogen-bond donors (Lipinski definition) is 1. The van der Waals surface area contributed by atoms with Gasteiger partial charge in [0, 0.05) is 26.2 Å². The van der Waals surface area contributed by atoms with Crippen molar-refractivity contribution in [2.45, 2.75) is 13.8 Å². The zero-order chi connectivity index (χ0) is 14.8. The number of nitrogens with two attached hydrogens (primary N) is 1. The molecule has 0 unspecified atom stereocenters. The van der Waals surface area contributed by atoms with Crippen LogP contribution in [0.25, 0.3) is 0 Å². The number of para-hydroxylation sites is 2. The van der Waals surface area contributed by atoms with Gasteiger partial charge in [-0.25, -0.2) is 8.42 Å². The van der Waals surface area contributed by atoms with Crippen LogP contribution >= 0.6 is 0 Å². The average Bonchev–Trinajstić information content (AvgIpc) is 2.38. The monoisotopic (exact) mass is 297 g/mol. The van der Waals surface area contributed by atoms with Gasteiger partial charge in [0.1, 0.15) is 0 Å². The van der Waals surface area contributed by atoms with Gasteiger partial charge >= 0.3 is 0 Å².